The number of rotatable bonds is 4. The van der Waals surface area contributed by atoms with Crippen LogP contribution in [0.1, 0.15) is 32.6 Å². The second-order valence-corrected chi connectivity index (χ2v) is 4.59. The maximum absolute atomic E-state index is 11.6. The number of β-amino-alcohol motifs (C(OH)–C–C–N with tert-alkyl or cyclic N) is 1. The van der Waals surface area contributed by atoms with E-state index >= 15 is 0 Å². The molecule has 1 N–H and O–H groups in total. The van der Waals surface area contributed by atoms with Gasteiger partial charge in [-0.05, 0) is 26.2 Å². The van der Waals surface area contributed by atoms with Crippen molar-refractivity contribution in [2.45, 2.75) is 38.2 Å². The van der Waals surface area contributed by atoms with Crippen molar-refractivity contribution in [3.63, 3.8) is 0 Å². The Morgan fingerprint density at radius 3 is 2.79 bits per heavy atom. The van der Waals surface area contributed by atoms with Crippen molar-refractivity contribution in [2.24, 2.45) is 0 Å². The summed E-state index contributed by atoms with van der Waals surface area (Å²) in [5, 5.41) is 9.67. The van der Waals surface area contributed by atoms with E-state index in [2.05, 4.69) is 0 Å². The number of hydrogen-bond acceptors (Lipinski definition) is 2. The summed E-state index contributed by atoms with van der Waals surface area (Å²) < 4.78 is 0. The summed E-state index contributed by atoms with van der Waals surface area (Å²) in [7, 11) is 0. The lowest BCUT2D eigenvalue weighted by Crippen LogP contribution is -2.33. The smallest absolute Gasteiger partial charge is 0.222 e. The lowest BCUT2D eigenvalue weighted by Gasteiger charge is -2.18. The summed E-state index contributed by atoms with van der Waals surface area (Å²) in [6, 6.07) is 0. The molecule has 1 amide bonds. The first-order valence-corrected chi connectivity index (χ1v) is 5.65. The van der Waals surface area contributed by atoms with E-state index in [4.69, 9.17) is 11.6 Å². The van der Waals surface area contributed by atoms with Crippen LogP contribution < -0.4 is 0 Å². The Hall–Kier alpha value is -0.280. The van der Waals surface area contributed by atoms with Crippen LogP contribution in [0.4, 0.5) is 0 Å². The number of alkyl halides is 1. The van der Waals surface area contributed by atoms with Crippen LogP contribution in [0.25, 0.3) is 0 Å². The highest BCUT2D eigenvalue weighted by molar-refractivity contribution is 6.17. The molecule has 1 aliphatic rings. The van der Waals surface area contributed by atoms with E-state index in [1.165, 1.54) is 0 Å². The van der Waals surface area contributed by atoms with Gasteiger partial charge in [-0.2, -0.15) is 0 Å². The van der Waals surface area contributed by atoms with E-state index in [1.54, 1.807) is 11.8 Å². The van der Waals surface area contributed by atoms with E-state index in [1.807, 2.05) is 0 Å². The zero-order valence-electron chi connectivity index (χ0n) is 8.63. The molecule has 0 spiro atoms. The molecule has 82 valence electrons. The van der Waals surface area contributed by atoms with Gasteiger partial charge in [0, 0.05) is 25.4 Å². The molecule has 1 rings (SSSR count). The van der Waals surface area contributed by atoms with Crippen LogP contribution in [-0.4, -0.2) is 40.5 Å². The Bertz CT molecular complexity index is 206. The second kappa shape index (κ2) is 4.99. The Morgan fingerprint density at radius 2 is 2.29 bits per heavy atom. The number of carbonyl (C=O) groups is 1. The number of hydrogen-bond donors (Lipinski definition) is 1. The van der Waals surface area contributed by atoms with Crippen LogP contribution in [0.3, 0.4) is 0 Å². The normalized spacial score (nSPS) is 26.9. The van der Waals surface area contributed by atoms with Crippen molar-refractivity contribution in [3.05, 3.63) is 0 Å². The van der Waals surface area contributed by atoms with Crippen LogP contribution in [0.15, 0.2) is 0 Å². The number of halogens is 1. The molecule has 0 aromatic rings. The van der Waals surface area contributed by atoms with Crippen molar-refractivity contribution < 1.29 is 9.90 Å². The fourth-order valence-electron chi connectivity index (χ4n) is 1.69. The predicted molar refractivity (Wildman–Crippen MR) is 56.4 cm³/mol. The monoisotopic (exact) mass is 219 g/mol. The van der Waals surface area contributed by atoms with Gasteiger partial charge in [0.15, 0.2) is 0 Å². The second-order valence-electron chi connectivity index (χ2n) is 4.21. The maximum atomic E-state index is 11.6. The third-order valence-electron chi connectivity index (χ3n) is 2.58. The van der Waals surface area contributed by atoms with Crippen molar-refractivity contribution in [1.82, 2.24) is 4.90 Å². The lowest BCUT2D eigenvalue weighted by atomic mass is 10.1. The fourth-order valence-corrected chi connectivity index (χ4v) is 1.88. The Kier molecular flexibility index (Phi) is 4.20. The first-order valence-electron chi connectivity index (χ1n) is 5.11. The zero-order valence-corrected chi connectivity index (χ0v) is 9.39. The van der Waals surface area contributed by atoms with Gasteiger partial charge in [-0.25, -0.2) is 0 Å². The van der Waals surface area contributed by atoms with E-state index in [0.29, 0.717) is 31.8 Å². The standard InChI is InChI=1S/C10H18ClNO2/c1-10(14)5-7-12(8-10)9(13)4-2-3-6-11/h14H,2-8H2,1H3. The van der Waals surface area contributed by atoms with Crippen molar-refractivity contribution in [3.8, 4) is 0 Å². The molecule has 0 saturated carbocycles. The van der Waals surface area contributed by atoms with E-state index in [-0.39, 0.29) is 5.91 Å². The van der Waals surface area contributed by atoms with Crippen molar-refractivity contribution in [2.75, 3.05) is 19.0 Å². The lowest BCUT2D eigenvalue weighted by molar-refractivity contribution is -0.131. The van der Waals surface area contributed by atoms with Crippen LogP contribution in [0.5, 0.6) is 0 Å². The van der Waals surface area contributed by atoms with Crippen LogP contribution >= 0.6 is 11.6 Å². The highest BCUT2D eigenvalue weighted by Crippen LogP contribution is 2.21. The highest BCUT2D eigenvalue weighted by Gasteiger charge is 2.33. The van der Waals surface area contributed by atoms with Crippen molar-refractivity contribution in [1.29, 1.82) is 0 Å². The molecular weight excluding hydrogens is 202 g/mol. The van der Waals surface area contributed by atoms with Gasteiger partial charge in [-0.3, -0.25) is 4.79 Å². The minimum atomic E-state index is -0.678. The quantitative estimate of drug-likeness (QED) is 0.573. The van der Waals surface area contributed by atoms with Gasteiger partial charge in [0.1, 0.15) is 0 Å². The van der Waals surface area contributed by atoms with E-state index in [9.17, 15) is 9.90 Å². The number of likely N-dealkylation sites (tertiary alicyclic amines) is 1. The summed E-state index contributed by atoms with van der Waals surface area (Å²) in [6.07, 6.45) is 2.98. The van der Waals surface area contributed by atoms with Crippen LogP contribution in [-0.2, 0) is 4.79 Å². The number of unbranched alkanes of at least 4 members (excludes halogenated alkanes) is 1. The molecule has 14 heavy (non-hydrogen) atoms. The SMILES string of the molecule is CC1(O)CCN(C(=O)CCCCCl)C1. The third kappa shape index (κ3) is 3.46. The minimum absolute atomic E-state index is 0.146. The van der Waals surface area contributed by atoms with Gasteiger partial charge in [-0.15, -0.1) is 11.6 Å². The number of nitrogens with zero attached hydrogens (tertiary/aromatic N) is 1. The number of carbonyl (C=O) groups excluding carboxylic acids is 1. The molecule has 1 saturated heterocycles. The summed E-state index contributed by atoms with van der Waals surface area (Å²) in [5.74, 6) is 0.762. The summed E-state index contributed by atoms with van der Waals surface area (Å²) in [5.41, 5.74) is -0.678. The predicted octanol–water partition coefficient (Wildman–Crippen LogP) is 1.38. The highest BCUT2D eigenvalue weighted by atomic mass is 35.5. The molecular formula is C10H18ClNO2. The summed E-state index contributed by atoms with van der Waals surface area (Å²) in [4.78, 5) is 13.3. The van der Waals surface area contributed by atoms with Gasteiger partial charge >= 0.3 is 0 Å². The van der Waals surface area contributed by atoms with Gasteiger partial charge in [0.2, 0.25) is 5.91 Å². The molecule has 4 heteroatoms. The minimum Gasteiger partial charge on any atom is -0.388 e. The molecule has 0 aromatic heterocycles. The summed E-state index contributed by atoms with van der Waals surface area (Å²) in [6.45, 7) is 2.94. The van der Waals surface area contributed by atoms with Crippen molar-refractivity contribution >= 4 is 17.5 Å². The Balaban J connectivity index is 2.25. The first-order chi connectivity index (χ1) is 6.55. The number of aliphatic hydroxyl groups is 1. The average molecular weight is 220 g/mol. The third-order valence-corrected chi connectivity index (χ3v) is 2.85. The van der Waals surface area contributed by atoms with Gasteiger partial charge < -0.3 is 10.0 Å². The first kappa shape index (κ1) is 11.8. The van der Waals surface area contributed by atoms with Gasteiger partial charge in [0.25, 0.3) is 0 Å². The van der Waals surface area contributed by atoms with Crippen LogP contribution in [0, 0.1) is 0 Å². The number of amides is 1. The molecule has 3 nitrogen and oxygen atoms in total. The summed E-state index contributed by atoms with van der Waals surface area (Å²) >= 11 is 5.53. The maximum Gasteiger partial charge on any atom is 0.222 e. The van der Waals surface area contributed by atoms with E-state index < -0.39 is 5.60 Å². The fraction of sp³-hybridized carbons (Fsp3) is 0.900. The van der Waals surface area contributed by atoms with E-state index in [0.717, 1.165) is 12.8 Å². The molecule has 0 aromatic carbocycles. The largest absolute Gasteiger partial charge is 0.388 e. The van der Waals surface area contributed by atoms with Gasteiger partial charge in [-0.1, -0.05) is 0 Å². The molecule has 1 heterocycles. The van der Waals surface area contributed by atoms with Crippen LogP contribution in [0.2, 0.25) is 0 Å². The topological polar surface area (TPSA) is 40.5 Å². The molecule has 1 atom stereocenters. The zero-order chi connectivity index (χ0) is 10.6. The molecule has 0 radical (unpaired) electrons. The molecule has 0 bridgehead atoms. The molecule has 1 aliphatic heterocycles. The average Bonchev–Trinajstić information content (AvgIpc) is 2.46. The molecule has 1 fully saturated rings. The van der Waals surface area contributed by atoms with Gasteiger partial charge in [0.05, 0.1) is 5.60 Å². The Labute approximate surface area is 90.0 Å². The Morgan fingerprint density at radius 1 is 1.57 bits per heavy atom. The molecule has 0 aliphatic carbocycles. The molecule has 1 unspecified atom stereocenters.